The highest BCUT2D eigenvalue weighted by atomic mass is 16.8. The molecule has 14 N–H and O–H groups in total. The molecule has 4 aliphatic heterocycles. The second kappa shape index (κ2) is 22.7. The Morgan fingerprint density at radius 3 is 1.84 bits per heavy atom. The number of carbonyl (C=O) groups is 1. The van der Waals surface area contributed by atoms with Crippen molar-refractivity contribution in [1.29, 1.82) is 0 Å². The lowest BCUT2D eigenvalue weighted by Gasteiger charge is -2.70. The minimum atomic E-state index is -1.87. The van der Waals surface area contributed by atoms with Crippen LogP contribution in [0.4, 0.5) is 0 Å². The molecule has 23 nitrogen and oxygen atoms in total. The third kappa shape index (κ3) is 10.4. The van der Waals surface area contributed by atoms with Gasteiger partial charge in [0.05, 0.1) is 44.2 Å². The Labute approximate surface area is 443 Å². The van der Waals surface area contributed by atoms with Crippen LogP contribution in [0.1, 0.15) is 107 Å². The average Bonchev–Trinajstić information content (AvgIpc) is 3.95. The van der Waals surface area contributed by atoms with Gasteiger partial charge in [-0.05, 0) is 105 Å². The summed E-state index contributed by atoms with van der Waals surface area (Å²) >= 11 is 0. The van der Waals surface area contributed by atoms with Gasteiger partial charge >= 0.3 is 0 Å². The number of hydrogen-bond acceptors (Lipinski definition) is 23. The number of ether oxygens (including phenoxy) is 8. The molecule has 8 rings (SSSR count). The molecule has 4 saturated carbocycles. The van der Waals surface area contributed by atoms with E-state index < -0.39 is 188 Å². The fourth-order valence-corrected chi connectivity index (χ4v) is 15.8. The van der Waals surface area contributed by atoms with Crippen molar-refractivity contribution < 1.29 is 114 Å². The van der Waals surface area contributed by atoms with Gasteiger partial charge in [0.2, 0.25) is 0 Å². The van der Waals surface area contributed by atoms with Crippen LogP contribution in [0.2, 0.25) is 0 Å². The van der Waals surface area contributed by atoms with Gasteiger partial charge in [-0.15, -0.1) is 0 Å². The molecule has 0 bridgehead atoms. The quantitative estimate of drug-likeness (QED) is 0.0601. The minimum Gasteiger partial charge on any atom is -0.394 e. The first-order valence-corrected chi connectivity index (χ1v) is 27.2. The second-order valence-corrected chi connectivity index (χ2v) is 25.3. The molecular formula is C53H88O23. The summed E-state index contributed by atoms with van der Waals surface area (Å²) < 4.78 is 48.3. The monoisotopic (exact) mass is 1090 g/mol. The lowest BCUT2D eigenvalue weighted by molar-refractivity contribution is -0.383. The number of allylic oxidation sites excluding steroid dienone is 2. The van der Waals surface area contributed by atoms with Crippen molar-refractivity contribution >= 4 is 5.78 Å². The minimum absolute atomic E-state index is 0.0358. The topological polar surface area (TPSA) is 374 Å². The molecule has 0 aromatic rings. The molecule has 0 aromatic heterocycles. The maximum absolute atomic E-state index is 15.4. The van der Waals surface area contributed by atoms with Crippen LogP contribution in [0, 0.1) is 45.3 Å². The first-order chi connectivity index (χ1) is 35.5. The van der Waals surface area contributed by atoms with Crippen LogP contribution in [-0.4, -0.2) is 238 Å². The number of carbonyl (C=O) groups excluding carboxylic acids is 1. The highest BCUT2D eigenvalue weighted by molar-refractivity contribution is 5.84. The molecule has 0 aromatic carbocycles. The normalized spacial score (nSPS) is 52.2. The molecule has 0 spiro atoms. The molecule has 4 saturated heterocycles. The standard InChI is InChI=1S/C53H88O23/c1-22(2)10-9-13-53(8,76-47-42(68)38(64)36(62)29(73-47)21-70-45-40(66)33(59)26(58)20-69-45)23-11-14-52(7)32(23)24(56)16-31-50(5)17-25(57)44(49(3,4)30(50)12-15-51(31,52)6)75-48-43(39(65)35(61)28(19-55)72-48)74-46-41(67)37(63)34(60)27(18-54)71-46/h10,23,25-48,54-55,57-68H,9,11-21H2,1-8H3/t23-,25+,26+,27+,28+,29+,30?,31+,32-,33-,34+,35+,36+,37-,38-,39-,40+,41+,42+,43+,44-,45-,46-,47-,48-,50-,51+,52+,53-/m0/s1. The first kappa shape index (κ1) is 60.6. The van der Waals surface area contributed by atoms with E-state index in [2.05, 4.69) is 26.8 Å². The number of rotatable bonds is 15. The highest BCUT2D eigenvalue weighted by Crippen LogP contribution is 2.75. The van der Waals surface area contributed by atoms with Gasteiger partial charge in [0.15, 0.2) is 25.2 Å². The maximum Gasteiger partial charge on any atom is 0.187 e. The van der Waals surface area contributed by atoms with Crippen LogP contribution in [-0.2, 0) is 42.7 Å². The summed E-state index contributed by atoms with van der Waals surface area (Å²) in [6.07, 6.45) is -26.8. The zero-order chi connectivity index (χ0) is 55.9. The van der Waals surface area contributed by atoms with E-state index in [1.165, 1.54) is 0 Å². The van der Waals surface area contributed by atoms with Gasteiger partial charge in [0.25, 0.3) is 0 Å². The molecule has 4 heterocycles. The van der Waals surface area contributed by atoms with Crippen LogP contribution in [0.5, 0.6) is 0 Å². The molecule has 438 valence electrons. The fourth-order valence-electron chi connectivity index (χ4n) is 15.8. The van der Waals surface area contributed by atoms with Gasteiger partial charge < -0.3 is 109 Å². The van der Waals surface area contributed by atoms with Gasteiger partial charge in [0.1, 0.15) is 97.3 Å². The molecule has 76 heavy (non-hydrogen) atoms. The van der Waals surface area contributed by atoms with Crippen molar-refractivity contribution in [1.82, 2.24) is 0 Å². The Morgan fingerprint density at radius 2 is 1.21 bits per heavy atom. The van der Waals surface area contributed by atoms with Gasteiger partial charge in [-0.1, -0.05) is 46.3 Å². The van der Waals surface area contributed by atoms with E-state index in [4.69, 9.17) is 37.9 Å². The molecule has 29 atom stereocenters. The predicted octanol–water partition coefficient (Wildman–Crippen LogP) is -2.38. The van der Waals surface area contributed by atoms with Crippen LogP contribution in [0.25, 0.3) is 0 Å². The van der Waals surface area contributed by atoms with Crippen molar-refractivity contribution in [3.8, 4) is 0 Å². The number of ketones is 1. The van der Waals surface area contributed by atoms with E-state index in [0.29, 0.717) is 38.5 Å². The van der Waals surface area contributed by atoms with Gasteiger partial charge in [-0.2, -0.15) is 0 Å². The maximum atomic E-state index is 15.4. The Hall–Kier alpha value is -1.47. The smallest absolute Gasteiger partial charge is 0.187 e. The number of hydrogen-bond donors (Lipinski definition) is 14. The molecule has 23 heteroatoms. The second-order valence-electron chi connectivity index (χ2n) is 25.3. The Balaban J connectivity index is 1.03. The first-order valence-electron chi connectivity index (χ1n) is 27.2. The summed E-state index contributed by atoms with van der Waals surface area (Å²) in [5.74, 6) is -1.27. The van der Waals surface area contributed by atoms with Crippen molar-refractivity contribution in [2.45, 2.75) is 241 Å². The summed E-state index contributed by atoms with van der Waals surface area (Å²) in [6, 6.07) is 0. The Morgan fingerprint density at radius 1 is 0.645 bits per heavy atom. The van der Waals surface area contributed by atoms with Crippen molar-refractivity contribution in [2.75, 3.05) is 26.4 Å². The predicted molar refractivity (Wildman–Crippen MR) is 261 cm³/mol. The van der Waals surface area contributed by atoms with Crippen molar-refractivity contribution in [3.63, 3.8) is 0 Å². The number of fused-ring (bicyclic) bond motifs is 5. The molecule has 8 aliphatic rings. The summed E-state index contributed by atoms with van der Waals surface area (Å²) in [6.45, 7) is 14.1. The van der Waals surface area contributed by atoms with Crippen molar-refractivity contribution in [3.05, 3.63) is 11.6 Å². The van der Waals surface area contributed by atoms with Gasteiger partial charge in [-0.3, -0.25) is 4.79 Å². The van der Waals surface area contributed by atoms with E-state index in [1.807, 2.05) is 34.6 Å². The molecule has 8 fully saturated rings. The van der Waals surface area contributed by atoms with E-state index >= 15 is 4.79 Å². The average molecular weight is 1090 g/mol. The summed E-state index contributed by atoms with van der Waals surface area (Å²) in [5.41, 5.74) is -2.65. The van der Waals surface area contributed by atoms with E-state index in [9.17, 15) is 71.5 Å². The number of aliphatic hydroxyl groups is 14. The molecule has 1 unspecified atom stereocenters. The SMILES string of the molecule is CC(C)=CCC[C@](C)(O[C@@H]1O[C@H](CO[C@@H]2OC[C@@H](O)[C@H](O)[C@H]2O)[C@@H](O)[C@H](O)[C@H]1O)[C@H]1CC[C@]2(C)[C@@H]1C(=O)C[C@@H]1[C@@]3(C)C[C@@H](O)[C@H](O[C@@H]4O[C@H](CO)[C@@H](O)[C@H](O)[C@H]4O[C@@H]4O[C@H](CO)[C@@H](O)[C@H](O)[C@H]4O)C(C)(C)C3CC[C@]12C. The third-order valence-electron chi connectivity index (χ3n) is 20.2. The molecule has 0 radical (unpaired) electrons. The largest absolute Gasteiger partial charge is 0.394 e. The van der Waals surface area contributed by atoms with Gasteiger partial charge in [-0.25, -0.2) is 0 Å². The van der Waals surface area contributed by atoms with E-state index in [1.54, 1.807) is 0 Å². The number of aliphatic hydroxyl groups excluding tert-OH is 14. The van der Waals surface area contributed by atoms with Gasteiger partial charge in [0, 0.05) is 12.3 Å². The third-order valence-corrected chi connectivity index (χ3v) is 20.2. The number of Topliss-reactive ketones (excluding diaryl/α,β-unsaturated/α-hetero) is 1. The van der Waals surface area contributed by atoms with Crippen LogP contribution in [0.15, 0.2) is 11.6 Å². The fraction of sp³-hybridized carbons (Fsp3) is 0.943. The van der Waals surface area contributed by atoms with E-state index in [-0.39, 0.29) is 37.1 Å². The molecular weight excluding hydrogens is 1000 g/mol. The summed E-state index contributed by atoms with van der Waals surface area (Å²) in [7, 11) is 0. The van der Waals surface area contributed by atoms with Crippen LogP contribution in [0.3, 0.4) is 0 Å². The van der Waals surface area contributed by atoms with E-state index in [0.717, 1.165) is 5.57 Å². The zero-order valence-corrected chi connectivity index (χ0v) is 44.9. The van der Waals surface area contributed by atoms with Crippen LogP contribution >= 0.6 is 0 Å². The molecule has 4 aliphatic carbocycles. The Kier molecular flexibility index (Phi) is 18.1. The van der Waals surface area contributed by atoms with Crippen LogP contribution < -0.4 is 0 Å². The zero-order valence-electron chi connectivity index (χ0n) is 44.9. The highest BCUT2D eigenvalue weighted by Gasteiger charge is 2.73. The lowest BCUT2D eigenvalue weighted by Crippen LogP contribution is -2.69. The summed E-state index contributed by atoms with van der Waals surface area (Å²) in [4.78, 5) is 15.4. The van der Waals surface area contributed by atoms with Crippen molar-refractivity contribution in [2.24, 2.45) is 45.3 Å². The lowest BCUT2D eigenvalue weighted by atomic mass is 9.35. The Bertz CT molecular complexity index is 2030. The summed E-state index contributed by atoms with van der Waals surface area (Å²) in [5, 5.41) is 151. The molecule has 0 amide bonds.